The molecule has 0 bridgehead atoms. The van der Waals surface area contributed by atoms with E-state index >= 15 is 0 Å². The van der Waals surface area contributed by atoms with Crippen molar-refractivity contribution in [3.8, 4) is 11.3 Å². The number of rotatable bonds is 5. The third-order valence-electron chi connectivity index (χ3n) is 5.53. The monoisotopic (exact) mass is 400 g/mol. The molecule has 2 heterocycles. The summed E-state index contributed by atoms with van der Waals surface area (Å²) in [5, 5.41) is 11.2. The van der Waals surface area contributed by atoms with Crippen LogP contribution in [-0.2, 0) is 11.3 Å². The van der Waals surface area contributed by atoms with Crippen LogP contribution in [0.5, 0.6) is 0 Å². The van der Waals surface area contributed by atoms with E-state index in [1.165, 1.54) is 0 Å². The Hall–Kier alpha value is -3.54. The fourth-order valence-electron chi connectivity index (χ4n) is 3.61. The van der Waals surface area contributed by atoms with Gasteiger partial charge in [-0.2, -0.15) is 10.2 Å². The van der Waals surface area contributed by atoms with Crippen LogP contribution in [0.25, 0.3) is 11.3 Å². The number of aryl methyl sites for hydroxylation is 1. The van der Waals surface area contributed by atoms with Gasteiger partial charge in [0.25, 0.3) is 5.91 Å². The fourth-order valence-corrected chi connectivity index (χ4v) is 3.61. The molecule has 0 saturated carbocycles. The molecule has 0 unspecified atom stereocenters. The van der Waals surface area contributed by atoms with Gasteiger partial charge in [-0.25, -0.2) is 0 Å². The van der Waals surface area contributed by atoms with E-state index < -0.39 is 0 Å². The van der Waals surface area contributed by atoms with Gasteiger partial charge in [-0.15, -0.1) is 0 Å². The molecule has 1 N–H and O–H groups in total. The third-order valence-corrected chi connectivity index (χ3v) is 5.53. The molecular formula is C24H24N4O2. The average molecular weight is 400 g/mol. The maximum Gasteiger partial charge on any atom is 0.251 e. The van der Waals surface area contributed by atoms with E-state index in [4.69, 9.17) is 0 Å². The molecular weight excluding hydrogens is 376 g/mol. The van der Waals surface area contributed by atoms with Gasteiger partial charge in [0.2, 0.25) is 5.91 Å². The minimum Gasteiger partial charge on any atom is -0.348 e. The second-order valence-corrected chi connectivity index (χ2v) is 7.58. The number of hydrogen-bond acceptors (Lipinski definition) is 4. The molecule has 0 radical (unpaired) electrons. The highest BCUT2D eigenvalue weighted by atomic mass is 16.2. The number of benzene rings is 2. The summed E-state index contributed by atoms with van der Waals surface area (Å²) < 4.78 is 0. The van der Waals surface area contributed by atoms with Gasteiger partial charge in [0, 0.05) is 36.3 Å². The first-order chi connectivity index (χ1) is 14.5. The summed E-state index contributed by atoms with van der Waals surface area (Å²) in [6.07, 6.45) is 3.26. The first-order valence-corrected chi connectivity index (χ1v) is 10.1. The predicted molar refractivity (Wildman–Crippen MR) is 116 cm³/mol. The standard InChI is InChI=1S/C24H24N4O2/c1-16-14-26-27-23(17(16)2)19-5-3-6-20(13-19)24(30)25-15-18-8-10-21(11-9-18)28-12-4-7-22(28)29/h3,5-6,8-11,13-14H,4,7,12,15H2,1-2H3,(H,25,30). The quantitative estimate of drug-likeness (QED) is 0.707. The summed E-state index contributed by atoms with van der Waals surface area (Å²) in [6.45, 7) is 5.19. The molecule has 0 aliphatic carbocycles. The second-order valence-electron chi connectivity index (χ2n) is 7.58. The lowest BCUT2D eigenvalue weighted by Crippen LogP contribution is -2.24. The van der Waals surface area contributed by atoms with E-state index in [0.29, 0.717) is 18.5 Å². The molecule has 2 amide bonds. The molecule has 1 aliphatic rings. The van der Waals surface area contributed by atoms with Crippen molar-refractivity contribution < 1.29 is 9.59 Å². The third kappa shape index (κ3) is 4.08. The van der Waals surface area contributed by atoms with Crippen LogP contribution < -0.4 is 10.2 Å². The van der Waals surface area contributed by atoms with E-state index in [0.717, 1.165) is 46.6 Å². The van der Waals surface area contributed by atoms with Crippen LogP contribution >= 0.6 is 0 Å². The van der Waals surface area contributed by atoms with E-state index in [1.807, 2.05) is 61.2 Å². The Kier molecular flexibility index (Phi) is 5.57. The molecule has 1 saturated heterocycles. The highest BCUT2D eigenvalue weighted by Crippen LogP contribution is 2.24. The van der Waals surface area contributed by atoms with Crippen molar-refractivity contribution in [2.24, 2.45) is 0 Å². The maximum absolute atomic E-state index is 12.7. The summed E-state index contributed by atoms with van der Waals surface area (Å²) in [7, 11) is 0. The molecule has 6 nitrogen and oxygen atoms in total. The Labute approximate surface area is 175 Å². The summed E-state index contributed by atoms with van der Waals surface area (Å²) in [4.78, 5) is 26.3. The minimum absolute atomic E-state index is 0.145. The van der Waals surface area contributed by atoms with Gasteiger partial charge in [-0.3, -0.25) is 9.59 Å². The number of anilines is 1. The molecule has 0 spiro atoms. The van der Waals surface area contributed by atoms with Crippen LogP contribution in [0.15, 0.2) is 54.7 Å². The Morgan fingerprint density at radius 2 is 1.93 bits per heavy atom. The number of carbonyl (C=O) groups excluding carboxylic acids is 2. The molecule has 30 heavy (non-hydrogen) atoms. The minimum atomic E-state index is -0.145. The van der Waals surface area contributed by atoms with Crippen LogP contribution in [0.3, 0.4) is 0 Å². The largest absolute Gasteiger partial charge is 0.348 e. The molecule has 1 fully saturated rings. The van der Waals surface area contributed by atoms with Gasteiger partial charge in [0.15, 0.2) is 0 Å². The number of nitrogens with zero attached hydrogens (tertiary/aromatic N) is 3. The number of amides is 2. The van der Waals surface area contributed by atoms with E-state index in [1.54, 1.807) is 12.3 Å². The number of hydrogen-bond donors (Lipinski definition) is 1. The zero-order valence-corrected chi connectivity index (χ0v) is 17.2. The van der Waals surface area contributed by atoms with Crippen LogP contribution in [0, 0.1) is 13.8 Å². The smallest absolute Gasteiger partial charge is 0.251 e. The molecule has 6 heteroatoms. The molecule has 1 aliphatic heterocycles. The lowest BCUT2D eigenvalue weighted by Gasteiger charge is -2.16. The van der Waals surface area contributed by atoms with Crippen LogP contribution in [0.1, 0.15) is 39.9 Å². The number of carbonyl (C=O) groups is 2. The van der Waals surface area contributed by atoms with Crippen molar-refractivity contribution in [2.45, 2.75) is 33.2 Å². The first-order valence-electron chi connectivity index (χ1n) is 10.1. The van der Waals surface area contributed by atoms with E-state index in [9.17, 15) is 9.59 Å². The van der Waals surface area contributed by atoms with Gasteiger partial charge in [-0.05, 0) is 61.2 Å². The van der Waals surface area contributed by atoms with Crippen molar-refractivity contribution in [1.82, 2.24) is 15.5 Å². The summed E-state index contributed by atoms with van der Waals surface area (Å²) in [5.74, 6) is 0.0263. The summed E-state index contributed by atoms with van der Waals surface area (Å²) in [6, 6.07) is 15.2. The molecule has 2 aromatic carbocycles. The van der Waals surface area contributed by atoms with Crippen LogP contribution in [-0.4, -0.2) is 28.6 Å². The van der Waals surface area contributed by atoms with Gasteiger partial charge < -0.3 is 10.2 Å². The van der Waals surface area contributed by atoms with Crippen molar-refractivity contribution in [2.75, 3.05) is 11.4 Å². The lowest BCUT2D eigenvalue weighted by atomic mass is 10.0. The SMILES string of the molecule is Cc1cnnc(-c2cccc(C(=O)NCc3ccc(N4CCCC4=O)cc3)c2)c1C. The lowest BCUT2D eigenvalue weighted by molar-refractivity contribution is -0.117. The van der Waals surface area contributed by atoms with Crippen LogP contribution in [0.4, 0.5) is 5.69 Å². The van der Waals surface area contributed by atoms with Crippen molar-refractivity contribution in [3.05, 3.63) is 77.0 Å². The highest BCUT2D eigenvalue weighted by Gasteiger charge is 2.21. The normalized spacial score (nSPS) is 13.5. The Bertz CT molecular complexity index is 1090. The molecule has 152 valence electrons. The van der Waals surface area contributed by atoms with E-state index in [2.05, 4.69) is 15.5 Å². The number of nitrogens with one attached hydrogen (secondary N) is 1. The highest BCUT2D eigenvalue weighted by molar-refractivity contribution is 5.96. The fraction of sp³-hybridized carbons (Fsp3) is 0.250. The van der Waals surface area contributed by atoms with Crippen molar-refractivity contribution >= 4 is 17.5 Å². The Morgan fingerprint density at radius 3 is 2.67 bits per heavy atom. The average Bonchev–Trinajstić information content (AvgIpc) is 3.20. The topological polar surface area (TPSA) is 75.2 Å². The zero-order valence-electron chi connectivity index (χ0n) is 17.2. The van der Waals surface area contributed by atoms with Gasteiger partial charge in [0.05, 0.1) is 11.9 Å². The maximum atomic E-state index is 12.7. The zero-order chi connectivity index (χ0) is 21.1. The second kappa shape index (κ2) is 8.45. The Balaban J connectivity index is 1.43. The Morgan fingerprint density at radius 1 is 1.13 bits per heavy atom. The van der Waals surface area contributed by atoms with Crippen molar-refractivity contribution in [3.63, 3.8) is 0 Å². The predicted octanol–water partition coefficient (Wildman–Crippen LogP) is 3.82. The van der Waals surface area contributed by atoms with Crippen LogP contribution in [0.2, 0.25) is 0 Å². The molecule has 0 atom stereocenters. The van der Waals surface area contributed by atoms with Crippen molar-refractivity contribution in [1.29, 1.82) is 0 Å². The molecule has 1 aromatic heterocycles. The molecule has 3 aromatic rings. The van der Waals surface area contributed by atoms with Gasteiger partial charge >= 0.3 is 0 Å². The van der Waals surface area contributed by atoms with Gasteiger partial charge in [0.1, 0.15) is 0 Å². The van der Waals surface area contributed by atoms with Gasteiger partial charge in [-0.1, -0.05) is 24.3 Å². The molecule has 4 rings (SSSR count). The summed E-state index contributed by atoms with van der Waals surface area (Å²) >= 11 is 0. The van der Waals surface area contributed by atoms with E-state index in [-0.39, 0.29) is 11.8 Å². The number of aromatic nitrogens is 2. The first kappa shape index (κ1) is 19.8. The summed E-state index contributed by atoms with van der Waals surface area (Å²) in [5.41, 5.74) is 6.25.